The molecule has 0 radical (unpaired) electrons. The van der Waals surface area contributed by atoms with Crippen molar-refractivity contribution in [3.63, 3.8) is 0 Å². The number of aliphatic hydroxyl groups is 1. The predicted molar refractivity (Wildman–Crippen MR) is 60.7 cm³/mol. The Morgan fingerprint density at radius 3 is 2.88 bits per heavy atom. The van der Waals surface area contributed by atoms with Gasteiger partial charge in [0.15, 0.2) is 0 Å². The van der Waals surface area contributed by atoms with Gasteiger partial charge in [-0.3, -0.25) is 0 Å². The average Bonchev–Trinajstić information content (AvgIpc) is 2.93. The molecule has 16 heavy (non-hydrogen) atoms. The molecule has 1 fully saturated rings. The van der Waals surface area contributed by atoms with E-state index in [1.54, 1.807) is 0 Å². The topological polar surface area (TPSA) is 36.4 Å². The Balaban J connectivity index is 2.12. The Bertz CT molecular complexity index is 383. The SMILES string of the molecule is CC1CC1CN(C)c1ncc(F)cc1CO. The van der Waals surface area contributed by atoms with E-state index in [0.717, 1.165) is 12.5 Å². The lowest BCUT2D eigenvalue weighted by Gasteiger charge is -2.20. The summed E-state index contributed by atoms with van der Waals surface area (Å²) in [5.41, 5.74) is 0.552. The van der Waals surface area contributed by atoms with E-state index in [-0.39, 0.29) is 6.61 Å². The average molecular weight is 224 g/mol. The first kappa shape index (κ1) is 11.3. The molecule has 1 heterocycles. The maximum Gasteiger partial charge on any atom is 0.142 e. The fraction of sp³-hybridized carbons (Fsp3) is 0.583. The highest BCUT2D eigenvalue weighted by atomic mass is 19.1. The molecule has 1 aliphatic carbocycles. The zero-order valence-electron chi connectivity index (χ0n) is 9.65. The number of nitrogens with zero attached hydrogens (tertiary/aromatic N) is 2. The normalized spacial score (nSPS) is 23.2. The molecular weight excluding hydrogens is 207 g/mol. The van der Waals surface area contributed by atoms with Crippen LogP contribution in [0.1, 0.15) is 18.9 Å². The number of hydrogen-bond donors (Lipinski definition) is 1. The predicted octanol–water partition coefficient (Wildman–Crippen LogP) is 1.81. The zero-order valence-corrected chi connectivity index (χ0v) is 9.65. The summed E-state index contributed by atoms with van der Waals surface area (Å²) >= 11 is 0. The molecule has 1 aromatic rings. The maximum absolute atomic E-state index is 12.9. The molecule has 0 amide bonds. The Hall–Kier alpha value is -1.16. The molecule has 3 nitrogen and oxygen atoms in total. The Labute approximate surface area is 94.9 Å². The van der Waals surface area contributed by atoms with E-state index in [0.29, 0.717) is 17.3 Å². The summed E-state index contributed by atoms with van der Waals surface area (Å²) in [6.07, 6.45) is 2.45. The molecule has 0 aliphatic heterocycles. The van der Waals surface area contributed by atoms with E-state index in [1.165, 1.54) is 18.7 Å². The molecule has 2 rings (SSSR count). The van der Waals surface area contributed by atoms with Gasteiger partial charge in [-0.05, 0) is 24.3 Å². The van der Waals surface area contributed by atoms with Gasteiger partial charge >= 0.3 is 0 Å². The fourth-order valence-electron chi connectivity index (χ4n) is 2.03. The molecule has 4 heteroatoms. The third kappa shape index (κ3) is 2.32. The first-order chi connectivity index (χ1) is 7.61. The second-order valence-corrected chi connectivity index (χ2v) is 4.65. The number of halogens is 1. The van der Waals surface area contributed by atoms with Gasteiger partial charge in [-0.25, -0.2) is 9.37 Å². The number of aromatic nitrogens is 1. The molecule has 1 N–H and O–H groups in total. The van der Waals surface area contributed by atoms with Crippen LogP contribution in [-0.2, 0) is 6.61 Å². The summed E-state index contributed by atoms with van der Waals surface area (Å²) in [6, 6.07) is 1.34. The maximum atomic E-state index is 12.9. The van der Waals surface area contributed by atoms with Crippen molar-refractivity contribution in [2.45, 2.75) is 20.0 Å². The van der Waals surface area contributed by atoms with Crippen molar-refractivity contribution < 1.29 is 9.50 Å². The summed E-state index contributed by atoms with van der Waals surface area (Å²) in [5.74, 6) is 1.77. The molecule has 2 unspecified atom stereocenters. The molecule has 0 saturated heterocycles. The van der Waals surface area contributed by atoms with Crippen molar-refractivity contribution in [1.82, 2.24) is 4.98 Å². The summed E-state index contributed by atoms with van der Waals surface area (Å²) in [5, 5.41) is 9.16. The molecule has 1 saturated carbocycles. The molecule has 0 aromatic carbocycles. The molecular formula is C12H17FN2O. The van der Waals surface area contributed by atoms with Crippen LogP contribution in [0.2, 0.25) is 0 Å². The van der Waals surface area contributed by atoms with Gasteiger partial charge in [0.2, 0.25) is 0 Å². The summed E-state index contributed by atoms with van der Waals surface area (Å²) in [4.78, 5) is 6.04. The summed E-state index contributed by atoms with van der Waals surface area (Å²) in [6.45, 7) is 2.97. The monoisotopic (exact) mass is 224 g/mol. The Morgan fingerprint density at radius 2 is 2.31 bits per heavy atom. The van der Waals surface area contributed by atoms with Gasteiger partial charge in [-0.15, -0.1) is 0 Å². The van der Waals surface area contributed by atoms with Crippen molar-refractivity contribution in [2.24, 2.45) is 11.8 Å². The van der Waals surface area contributed by atoms with Crippen molar-refractivity contribution >= 4 is 5.82 Å². The van der Waals surface area contributed by atoms with E-state index in [1.807, 2.05) is 11.9 Å². The minimum atomic E-state index is -0.402. The van der Waals surface area contributed by atoms with E-state index >= 15 is 0 Å². The third-order valence-corrected chi connectivity index (χ3v) is 3.23. The minimum Gasteiger partial charge on any atom is -0.392 e. The smallest absolute Gasteiger partial charge is 0.142 e. The molecule has 2 atom stereocenters. The Kier molecular flexibility index (Phi) is 3.10. The highest BCUT2D eigenvalue weighted by Gasteiger charge is 2.33. The number of aliphatic hydroxyl groups excluding tert-OH is 1. The van der Waals surface area contributed by atoms with Crippen LogP contribution in [0.4, 0.5) is 10.2 Å². The first-order valence-electron chi connectivity index (χ1n) is 5.58. The summed E-state index contributed by atoms with van der Waals surface area (Å²) < 4.78 is 12.9. The van der Waals surface area contributed by atoms with Crippen LogP contribution in [0.15, 0.2) is 12.3 Å². The Morgan fingerprint density at radius 1 is 1.62 bits per heavy atom. The second kappa shape index (κ2) is 4.37. The number of anilines is 1. The zero-order chi connectivity index (χ0) is 11.7. The lowest BCUT2D eigenvalue weighted by molar-refractivity contribution is 0.281. The van der Waals surface area contributed by atoms with Gasteiger partial charge in [0, 0.05) is 19.2 Å². The lowest BCUT2D eigenvalue weighted by atomic mass is 10.2. The van der Waals surface area contributed by atoms with Crippen LogP contribution in [-0.4, -0.2) is 23.7 Å². The lowest BCUT2D eigenvalue weighted by Crippen LogP contribution is -2.23. The molecule has 0 spiro atoms. The number of pyridine rings is 1. The number of rotatable bonds is 4. The highest BCUT2D eigenvalue weighted by Crippen LogP contribution is 2.38. The van der Waals surface area contributed by atoms with Gasteiger partial charge in [-0.1, -0.05) is 6.92 Å². The van der Waals surface area contributed by atoms with Crippen molar-refractivity contribution in [3.05, 3.63) is 23.6 Å². The molecule has 0 bridgehead atoms. The van der Waals surface area contributed by atoms with Crippen molar-refractivity contribution in [3.8, 4) is 0 Å². The quantitative estimate of drug-likeness (QED) is 0.847. The van der Waals surface area contributed by atoms with Crippen LogP contribution >= 0.6 is 0 Å². The van der Waals surface area contributed by atoms with Crippen LogP contribution in [0.25, 0.3) is 0 Å². The standard InChI is InChI=1S/C12H17FN2O/c1-8-3-9(8)6-15(2)12-10(7-16)4-11(13)5-14-12/h4-5,8-9,16H,3,6-7H2,1-2H3. The summed E-state index contributed by atoms with van der Waals surface area (Å²) in [7, 11) is 1.93. The first-order valence-corrected chi connectivity index (χ1v) is 5.58. The van der Waals surface area contributed by atoms with Gasteiger partial charge in [0.1, 0.15) is 11.6 Å². The van der Waals surface area contributed by atoms with Crippen molar-refractivity contribution in [1.29, 1.82) is 0 Å². The van der Waals surface area contributed by atoms with Crippen molar-refractivity contribution in [2.75, 3.05) is 18.5 Å². The van der Waals surface area contributed by atoms with Gasteiger partial charge in [0.25, 0.3) is 0 Å². The van der Waals surface area contributed by atoms with Gasteiger partial charge in [0.05, 0.1) is 12.8 Å². The van der Waals surface area contributed by atoms with E-state index < -0.39 is 5.82 Å². The van der Waals surface area contributed by atoms with E-state index in [4.69, 9.17) is 5.11 Å². The van der Waals surface area contributed by atoms with Crippen LogP contribution in [0.5, 0.6) is 0 Å². The van der Waals surface area contributed by atoms with Crippen LogP contribution in [0.3, 0.4) is 0 Å². The molecule has 1 aromatic heterocycles. The van der Waals surface area contributed by atoms with Gasteiger partial charge in [-0.2, -0.15) is 0 Å². The van der Waals surface area contributed by atoms with E-state index in [9.17, 15) is 4.39 Å². The third-order valence-electron chi connectivity index (χ3n) is 3.23. The molecule has 1 aliphatic rings. The largest absolute Gasteiger partial charge is 0.392 e. The minimum absolute atomic E-state index is 0.176. The van der Waals surface area contributed by atoms with Crippen LogP contribution < -0.4 is 4.90 Å². The fourth-order valence-corrected chi connectivity index (χ4v) is 2.03. The van der Waals surface area contributed by atoms with E-state index in [2.05, 4.69) is 11.9 Å². The highest BCUT2D eigenvalue weighted by molar-refractivity contribution is 5.46. The molecule has 88 valence electrons. The number of hydrogen-bond acceptors (Lipinski definition) is 3. The second-order valence-electron chi connectivity index (χ2n) is 4.65. The van der Waals surface area contributed by atoms with Crippen LogP contribution in [0, 0.1) is 17.7 Å². The van der Waals surface area contributed by atoms with Gasteiger partial charge < -0.3 is 10.0 Å².